The molecule has 3 aromatic rings. The largest absolute Gasteiger partial charge is 0.497 e. The van der Waals surface area contributed by atoms with Gasteiger partial charge in [-0.1, -0.05) is 5.16 Å². The molecule has 0 aliphatic rings. The molecule has 0 fully saturated rings. The minimum atomic E-state index is -0.411. The van der Waals surface area contributed by atoms with Crippen molar-refractivity contribution in [1.29, 1.82) is 0 Å². The third-order valence-corrected chi connectivity index (χ3v) is 3.02. The van der Waals surface area contributed by atoms with Crippen molar-refractivity contribution in [2.75, 3.05) is 12.8 Å². The van der Waals surface area contributed by atoms with Gasteiger partial charge in [0.1, 0.15) is 11.6 Å². The molecule has 0 amide bonds. The van der Waals surface area contributed by atoms with Gasteiger partial charge in [-0.2, -0.15) is 4.98 Å². The molecule has 2 aromatic carbocycles. The van der Waals surface area contributed by atoms with Crippen LogP contribution in [0.25, 0.3) is 22.8 Å². The van der Waals surface area contributed by atoms with Crippen molar-refractivity contribution >= 4 is 5.69 Å². The SMILES string of the molecule is COc1ccc(-c2noc(-c3ccc(F)cc3N)n2)cc1. The summed E-state index contributed by atoms with van der Waals surface area (Å²) in [6, 6.07) is 11.3. The molecule has 0 saturated heterocycles. The molecule has 0 aliphatic heterocycles. The molecule has 0 aliphatic carbocycles. The molecule has 5 nitrogen and oxygen atoms in total. The third kappa shape index (κ3) is 2.55. The summed E-state index contributed by atoms with van der Waals surface area (Å²) >= 11 is 0. The van der Waals surface area contributed by atoms with Crippen LogP contribution in [0.1, 0.15) is 0 Å². The molecule has 0 saturated carbocycles. The molecule has 2 N–H and O–H groups in total. The lowest BCUT2D eigenvalue weighted by atomic mass is 10.1. The number of nitrogens with zero attached hydrogens (tertiary/aromatic N) is 2. The Balaban J connectivity index is 1.95. The van der Waals surface area contributed by atoms with Crippen molar-refractivity contribution in [1.82, 2.24) is 10.1 Å². The fraction of sp³-hybridized carbons (Fsp3) is 0.0667. The van der Waals surface area contributed by atoms with E-state index in [-0.39, 0.29) is 11.6 Å². The van der Waals surface area contributed by atoms with E-state index in [4.69, 9.17) is 15.0 Å². The molecule has 106 valence electrons. The summed E-state index contributed by atoms with van der Waals surface area (Å²) in [5, 5.41) is 3.91. The van der Waals surface area contributed by atoms with Gasteiger partial charge in [-0.15, -0.1) is 0 Å². The highest BCUT2D eigenvalue weighted by atomic mass is 19.1. The number of rotatable bonds is 3. The summed E-state index contributed by atoms with van der Waals surface area (Å²) in [4.78, 5) is 4.28. The molecule has 1 heterocycles. The number of benzene rings is 2. The molecule has 3 rings (SSSR count). The highest BCUT2D eigenvalue weighted by Crippen LogP contribution is 2.27. The molecule has 0 radical (unpaired) electrons. The van der Waals surface area contributed by atoms with Crippen molar-refractivity contribution in [3.05, 3.63) is 48.3 Å². The Kier molecular flexibility index (Phi) is 3.27. The second-order valence-corrected chi connectivity index (χ2v) is 4.38. The van der Waals surface area contributed by atoms with E-state index in [9.17, 15) is 4.39 Å². The predicted octanol–water partition coefficient (Wildman–Crippen LogP) is 3.13. The van der Waals surface area contributed by atoms with Crippen LogP contribution in [0.2, 0.25) is 0 Å². The average molecular weight is 285 g/mol. The number of methoxy groups -OCH3 is 1. The van der Waals surface area contributed by atoms with Crippen molar-refractivity contribution in [3.8, 4) is 28.6 Å². The zero-order chi connectivity index (χ0) is 14.8. The van der Waals surface area contributed by atoms with Crippen LogP contribution in [-0.2, 0) is 0 Å². The first-order valence-corrected chi connectivity index (χ1v) is 6.21. The second-order valence-electron chi connectivity index (χ2n) is 4.38. The maximum absolute atomic E-state index is 13.0. The number of nitrogen functional groups attached to an aromatic ring is 1. The van der Waals surface area contributed by atoms with E-state index in [2.05, 4.69) is 10.1 Å². The Bertz CT molecular complexity index is 769. The van der Waals surface area contributed by atoms with E-state index in [1.807, 2.05) is 12.1 Å². The third-order valence-electron chi connectivity index (χ3n) is 3.02. The molecule has 1 aromatic heterocycles. The fourth-order valence-electron chi connectivity index (χ4n) is 1.92. The van der Waals surface area contributed by atoms with E-state index in [1.165, 1.54) is 18.2 Å². The monoisotopic (exact) mass is 285 g/mol. The van der Waals surface area contributed by atoms with Gasteiger partial charge in [0.15, 0.2) is 0 Å². The van der Waals surface area contributed by atoms with E-state index in [0.29, 0.717) is 11.4 Å². The number of ether oxygens (including phenoxy) is 1. The number of hydrogen-bond acceptors (Lipinski definition) is 5. The van der Waals surface area contributed by atoms with E-state index in [0.717, 1.165) is 11.3 Å². The molecular weight excluding hydrogens is 273 g/mol. The second kappa shape index (κ2) is 5.24. The summed E-state index contributed by atoms with van der Waals surface area (Å²) in [5.41, 5.74) is 7.29. The van der Waals surface area contributed by atoms with Gasteiger partial charge in [0.05, 0.1) is 12.7 Å². The summed E-state index contributed by atoms with van der Waals surface area (Å²) in [5.74, 6) is 1.01. The molecule has 0 bridgehead atoms. The quantitative estimate of drug-likeness (QED) is 0.748. The van der Waals surface area contributed by atoms with Gasteiger partial charge in [0, 0.05) is 11.3 Å². The predicted molar refractivity (Wildman–Crippen MR) is 76.1 cm³/mol. The minimum Gasteiger partial charge on any atom is -0.497 e. The van der Waals surface area contributed by atoms with Gasteiger partial charge in [0.25, 0.3) is 5.89 Å². The first-order chi connectivity index (χ1) is 10.2. The molecule has 0 atom stereocenters. The first kappa shape index (κ1) is 13.1. The van der Waals surface area contributed by atoms with Crippen LogP contribution in [-0.4, -0.2) is 17.3 Å². The van der Waals surface area contributed by atoms with Crippen LogP contribution >= 0.6 is 0 Å². The summed E-state index contributed by atoms with van der Waals surface area (Å²) in [7, 11) is 1.60. The summed E-state index contributed by atoms with van der Waals surface area (Å²) in [6.07, 6.45) is 0. The Labute approximate surface area is 120 Å². The van der Waals surface area contributed by atoms with Crippen LogP contribution in [0.3, 0.4) is 0 Å². The van der Waals surface area contributed by atoms with Crippen LogP contribution in [0.5, 0.6) is 5.75 Å². The number of anilines is 1. The van der Waals surface area contributed by atoms with Crippen LogP contribution in [0, 0.1) is 5.82 Å². The Morgan fingerprint density at radius 2 is 1.90 bits per heavy atom. The topological polar surface area (TPSA) is 74.2 Å². The lowest BCUT2D eigenvalue weighted by molar-refractivity contribution is 0.415. The Morgan fingerprint density at radius 3 is 2.57 bits per heavy atom. The van der Waals surface area contributed by atoms with Gasteiger partial charge >= 0.3 is 0 Å². The molecule has 0 spiro atoms. The number of hydrogen-bond donors (Lipinski definition) is 1. The van der Waals surface area contributed by atoms with Crippen LogP contribution in [0.4, 0.5) is 10.1 Å². The van der Waals surface area contributed by atoms with Gasteiger partial charge < -0.3 is 15.0 Å². The maximum atomic E-state index is 13.0. The Hall–Kier alpha value is -2.89. The van der Waals surface area contributed by atoms with Crippen molar-refractivity contribution < 1.29 is 13.7 Å². The molecular formula is C15H12FN3O2. The van der Waals surface area contributed by atoms with Crippen LogP contribution in [0.15, 0.2) is 47.0 Å². The van der Waals surface area contributed by atoms with Crippen molar-refractivity contribution in [2.24, 2.45) is 0 Å². The van der Waals surface area contributed by atoms with E-state index < -0.39 is 5.82 Å². The van der Waals surface area contributed by atoms with E-state index >= 15 is 0 Å². The standard InChI is InChI=1S/C15H12FN3O2/c1-20-11-5-2-9(3-6-11)14-18-15(21-19-14)12-7-4-10(16)8-13(12)17/h2-8H,17H2,1H3. The smallest absolute Gasteiger partial charge is 0.260 e. The number of nitrogens with two attached hydrogens (primary N) is 1. The summed E-state index contributed by atoms with van der Waals surface area (Å²) in [6.45, 7) is 0. The zero-order valence-corrected chi connectivity index (χ0v) is 11.2. The normalized spacial score (nSPS) is 10.6. The van der Waals surface area contributed by atoms with Gasteiger partial charge in [-0.05, 0) is 42.5 Å². The highest BCUT2D eigenvalue weighted by Gasteiger charge is 2.13. The lowest BCUT2D eigenvalue weighted by Gasteiger charge is -2.00. The molecule has 21 heavy (non-hydrogen) atoms. The highest BCUT2D eigenvalue weighted by molar-refractivity contribution is 5.71. The average Bonchev–Trinajstić information content (AvgIpc) is 2.97. The van der Waals surface area contributed by atoms with Crippen LogP contribution < -0.4 is 10.5 Å². The minimum absolute atomic E-state index is 0.248. The molecule has 0 unspecified atom stereocenters. The zero-order valence-electron chi connectivity index (χ0n) is 11.2. The number of aromatic nitrogens is 2. The number of halogens is 1. The maximum Gasteiger partial charge on any atom is 0.260 e. The summed E-state index contributed by atoms with van der Waals surface area (Å²) < 4.78 is 23.3. The Morgan fingerprint density at radius 1 is 1.14 bits per heavy atom. The fourth-order valence-corrected chi connectivity index (χ4v) is 1.92. The van der Waals surface area contributed by atoms with E-state index in [1.54, 1.807) is 19.2 Å². The van der Waals surface area contributed by atoms with Crippen molar-refractivity contribution in [3.63, 3.8) is 0 Å². The van der Waals surface area contributed by atoms with Gasteiger partial charge in [-0.3, -0.25) is 0 Å². The van der Waals surface area contributed by atoms with Gasteiger partial charge in [-0.25, -0.2) is 4.39 Å². The lowest BCUT2D eigenvalue weighted by Crippen LogP contribution is -1.91. The van der Waals surface area contributed by atoms with Gasteiger partial charge in [0.2, 0.25) is 5.82 Å². The first-order valence-electron chi connectivity index (χ1n) is 6.21. The molecule has 6 heteroatoms. The van der Waals surface area contributed by atoms with Crippen molar-refractivity contribution in [2.45, 2.75) is 0 Å².